The quantitative estimate of drug-likeness (QED) is 0.397. The highest BCUT2D eigenvalue weighted by atomic mass is 35.7. The third-order valence-electron chi connectivity index (χ3n) is 5.18. The molecule has 0 amide bonds. The van der Waals surface area contributed by atoms with Crippen molar-refractivity contribution >= 4 is 17.3 Å². The Bertz CT molecular complexity index is 1190. The molecule has 0 aliphatic rings. The van der Waals surface area contributed by atoms with Crippen LogP contribution in [0, 0.1) is 10.2 Å². The van der Waals surface area contributed by atoms with Crippen molar-refractivity contribution in [3.8, 4) is 22.5 Å². The Hall–Kier alpha value is -3.52. The maximum atomic E-state index is 8.49. The van der Waals surface area contributed by atoms with E-state index in [-0.39, 0.29) is 0 Å². The Morgan fingerprint density at radius 3 is 1.74 bits per heavy atom. The van der Waals surface area contributed by atoms with E-state index in [1.807, 2.05) is 24.3 Å². The molecule has 3 aromatic carbocycles. The van der Waals surface area contributed by atoms with Crippen LogP contribution in [0.5, 0.6) is 0 Å². The van der Waals surface area contributed by atoms with Gasteiger partial charge in [-0.2, -0.15) is 0 Å². The Balaban J connectivity index is 0.000000623. The van der Waals surface area contributed by atoms with E-state index < -0.39 is 10.2 Å². The SMILES string of the molecule is C/C(=C\c1cc(-c2ccccc2)cc(-c2ccccc2)[o+]1)c1ccc(N(C)C)cc1.[O-][Cl+3]([O-])([O-])[O-]. The van der Waals surface area contributed by atoms with Gasteiger partial charge in [0.25, 0.3) is 0 Å². The predicted octanol–water partition coefficient (Wildman–Crippen LogP) is 2.77. The van der Waals surface area contributed by atoms with E-state index in [1.54, 1.807) is 0 Å². The molecule has 1 aromatic heterocycles. The lowest BCUT2D eigenvalue weighted by atomic mass is 10.0. The zero-order valence-corrected chi connectivity index (χ0v) is 20.4. The van der Waals surface area contributed by atoms with Crippen LogP contribution >= 0.6 is 0 Å². The van der Waals surface area contributed by atoms with E-state index in [4.69, 9.17) is 23.1 Å². The monoisotopic (exact) mass is 491 g/mol. The van der Waals surface area contributed by atoms with E-state index >= 15 is 0 Å². The smallest absolute Gasteiger partial charge is 0.361 e. The molecule has 0 radical (unpaired) electrons. The van der Waals surface area contributed by atoms with Crippen molar-refractivity contribution in [3.05, 3.63) is 108 Å². The van der Waals surface area contributed by atoms with Crippen molar-refractivity contribution in [3.63, 3.8) is 0 Å². The van der Waals surface area contributed by atoms with Crippen LogP contribution in [0.4, 0.5) is 5.69 Å². The summed E-state index contributed by atoms with van der Waals surface area (Å²) in [6.45, 7) is 2.12. The summed E-state index contributed by atoms with van der Waals surface area (Å²) in [5.41, 5.74) is 6.91. The van der Waals surface area contributed by atoms with Gasteiger partial charge >= 0.3 is 11.5 Å². The number of halogens is 1. The predicted molar refractivity (Wildman–Crippen MR) is 128 cm³/mol. The lowest BCUT2D eigenvalue weighted by molar-refractivity contribution is -2.00. The molecule has 0 N–H and O–H groups in total. The highest BCUT2D eigenvalue weighted by molar-refractivity contribution is 5.81. The van der Waals surface area contributed by atoms with Crippen molar-refractivity contribution in [1.29, 1.82) is 0 Å². The van der Waals surface area contributed by atoms with Crippen LogP contribution in [-0.4, -0.2) is 14.1 Å². The summed E-state index contributed by atoms with van der Waals surface area (Å²) in [6.07, 6.45) is 2.11. The minimum Gasteiger partial charge on any atom is -0.378 e. The number of anilines is 1. The highest BCUT2D eigenvalue weighted by Gasteiger charge is 2.18. The molecule has 0 unspecified atom stereocenters. The number of rotatable bonds is 5. The molecule has 0 aliphatic carbocycles. The molecule has 0 bridgehead atoms. The lowest BCUT2D eigenvalue weighted by Gasteiger charge is -2.17. The fraction of sp³-hybridized carbons (Fsp3) is 0.107. The normalized spacial score (nSPS) is 11.5. The number of hydrogen-bond donors (Lipinski definition) is 0. The molecule has 35 heavy (non-hydrogen) atoms. The molecule has 6 nitrogen and oxygen atoms in total. The van der Waals surface area contributed by atoms with Crippen molar-refractivity contribution < 1.29 is 33.3 Å². The molecule has 0 aliphatic heterocycles. The first-order valence-corrected chi connectivity index (χ1v) is 12.0. The summed E-state index contributed by atoms with van der Waals surface area (Å²) >= 11 is 0. The van der Waals surface area contributed by atoms with Crippen molar-refractivity contribution in [2.75, 3.05) is 19.0 Å². The molecule has 0 saturated heterocycles. The Kier molecular flexibility index (Phi) is 8.76. The topological polar surface area (TPSA) is 107 Å². The number of nitrogens with zero attached hydrogens (tertiary/aromatic N) is 1. The van der Waals surface area contributed by atoms with Crippen molar-refractivity contribution in [2.45, 2.75) is 6.92 Å². The van der Waals surface area contributed by atoms with Crippen LogP contribution in [0.3, 0.4) is 0 Å². The molecule has 4 aromatic rings. The largest absolute Gasteiger partial charge is 0.378 e. The van der Waals surface area contributed by atoms with Crippen LogP contribution in [0.1, 0.15) is 18.2 Å². The van der Waals surface area contributed by atoms with Crippen LogP contribution in [0.15, 0.2) is 101 Å². The first-order chi connectivity index (χ1) is 16.6. The molecular weight excluding hydrogens is 466 g/mol. The van der Waals surface area contributed by atoms with Crippen LogP contribution < -0.4 is 23.5 Å². The fourth-order valence-electron chi connectivity index (χ4n) is 3.45. The highest BCUT2D eigenvalue weighted by Crippen LogP contribution is 2.30. The number of benzene rings is 3. The molecule has 7 heteroatoms. The third kappa shape index (κ3) is 8.33. The summed E-state index contributed by atoms with van der Waals surface area (Å²) in [7, 11) is -0.840. The minimum atomic E-state index is -4.94. The first-order valence-electron chi connectivity index (χ1n) is 10.8. The summed E-state index contributed by atoms with van der Waals surface area (Å²) in [4.78, 5) is 2.10. The van der Waals surface area contributed by atoms with E-state index in [2.05, 4.69) is 105 Å². The van der Waals surface area contributed by atoms with E-state index in [0.29, 0.717) is 0 Å². The van der Waals surface area contributed by atoms with Gasteiger partial charge in [0.1, 0.15) is 0 Å². The Labute approximate surface area is 207 Å². The van der Waals surface area contributed by atoms with Crippen LogP contribution in [0.25, 0.3) is 34.1 Å². The maximum absolute atomic E-state index is 8.49. The second kappa shape index (κ2) is 11.8. The number of hydrogen-bond acceptors (Lipinski definition) is 5. The van der Waals surface area contributed by atoms with Crippen molar-refractivity contribution in [1.82, 2.24) is 0 Å². The molecule has 0 spiro atoms. The second-order valence-electron chi connectivity index (χ2n) is 7.99. The summed E-state index contributed by atoms with van der Waals surface area (Å²) in [5.74, 6) is 1.70. The van der Waals surface area contributed by atoms with E-state index in [9.17, 15) is 0 Å². The molecule has 0 atom stereocenters. The average Bonchev–Trinajstić information content (AvgIpc) is 2.84. The molecule has 4 rings (SSSR count). The summed E-state index contributed by atoms with van der Waals surface area (Å²) in [5, 5.41) is 0. The van der Waals surface area contributed by atoms with Gasteiger partial charge in [-0.1, -0.05) is 60.7 Å². The lowest BCUT2D eigenvalue weighted by Crippen LogP contribution is -2.68. The Morgan fingerprint density at radius 2 is 1.23 bits per heavy atom. The zero-order chi connectivity index (χ0) is 25.4. The summed E-state index contributed by atoms with van der Waals surface area (Å²) in [6, 6.07) is 33.5. The van der Waals surface area contributed by atoms with Crippen LogP contribution in [-0.2, 0) is 0 Å². The molecular formula is C28H26ClNO5. The van der Waals surface area contributed by atoms with Crippen LogP contribution in [0.2, 0.25) is 0 Å². The maximum Gasteiger partial charge on any atom is 0.361 e. The molecule has 0 saturated carbocycles. The van der Waals surface area contributed by atoms with Gasteiger partial charge in [0.05, 0.1) is 17.7 Å². The average molecular weight is 492 g/mol. The standard InChI is InChI=1S/C28H26NO.ClHO4/c1-21(22-14-16-26(17-15-22)29(2)3)18-27-19-25(23-10-6-4-7-11-23)20-28(30-27)24-12-8-5-9-13-24;2-1(3,4)5/h4-20H,1-3H3;(H,2,3,4,5)/q+1;/p-1/b21-18+;. The molecule has 0 fully saturated rings. The first kappa shape index (κ1) is 26.1. The fourth-order valence-corrected chi connectivity index (χ4v) is 3.45. The van der Waals surface area contributed by atoms with Gasteiger partial charge in [0.15, 0.2) is 0 Å². The molecule has 1 heterocycles. The van der Waals surface area contributed by atoms with Gasteiger partial charge in [-0.05, 0) is 47.9 Å². The van der Waals surface area contributed by atoms with E-state index in [0.717, 1.165) is 28.2 Å². The van der Waals surface area contributed by atoms with E-state index in [1.165, 1.54) is 16.8 Å². The number of allylic oxidation sites excluding steroid dienone is 1. The van der Waals surface area contributed by atoms with Gasteiger partial charge in [-0.15, -0.1) is 10.2 Å². The van der Waals surface area contributed by atoms with Gasteiger partial charge in [-0.25, -0.2) is 23.1 Å². The second-order valence-corrected chi connectivity index (χ2v) is 8.75. The van der Waals surface area contributed by atoms with Crippen molar-refractivity contribution in [2.24, 2.45) is 0 Å². The molecule has 180 valence electrons. The minimum absolute atomic E-state index is 0.837. The van der Waals surface area contributed by atoms with Gasteiger partial charge in [0, 0.05) is 31.4 Å². The van der Waals surface area contributed by atoms with Gasteiger partial charge in [0.2, 0.25) is 0 Å². The Morgan fingerprint density at radius 1 is 0.714 bits per heavy atom. The summed E-state index contributed by atoms with van der Waals surface area (Å²) < 4.78 is 40.3. The third-order valence-corrected chi connectivity index (χ3v) is 5.18. The van der Waals surface area contributed by atoms with Gasteiger partial charge in [-0.3, -0.25) is 0 Å². The van der Waals surface area contributed by atoms with Gasteiger partial charge < -0.3 is 4.90 Å². The zero-order valence-electron chi connectivity index (χ0n) is 19.7.